The average Bonchev–Trinajstić information content (AvgIpc) is 3.25. The number of benzene rings is 1. The minimum atomic E-state index is -0.173. The first-order valence-electron chi connectivity index (χ1n) is 11.6. The zero-order valence-electron chi connectivity index (χ0n) is 19.0. The maximum atomic E-state index is 13.6. The minimum absolute atomic E-state index is 0.0302. The number of allylic oxidation sites excluding steroid dienone is 5. The summed E-state index contributed by atoms with van der Waals surface area (Å²) in [5.74, 6) is 1.28. The lowest BCUT2D eigenvalue weighted by molar-refractivity contribution is -0.121. The van der Waals surface area contributed by atoms with Gasteiger partial charge in [-0.3, -0.25) is 9.36 Å². The van der Waals surface area contributed by atoms with Gasteiger partial charge in [0.2, 0.25) is 5.91 Å². The molecule has 0 aliphatic heterocycles. The zero-order valence-corrected chi connectivity index (χ0v) is 20.5. The number of hydrogen-bond acceptors (Lipinski definition) is 4. The van der Waals surface area contributed by atoms with Crippen LogP contribution in [0.5, 0.6) is 0 Å². The summed E-state index contributed by atoms with van der Waals surface area (Å²) in [5.41, 5.74) is 3.08. The predicted molar refractivity (Wildman–Crippen MR) is 136 cm³/mol. The van der Waals surface area contributed by atoms with Crippen molar-refractivity contribution >= 4 is 29.3 Å². The fraction of sp³-hybridized carbons (Fsp3) is 0.346. The number of carbonyl (C=O) groups is 1. The van der Waals surface area contributed by atoms with E-state index in [1.165, 1.54) is 11.8 Å². The third kappa shape index (κ3) is 6.93. The molecule has 2 aliphatic carbocycles. The fourth-order valence-electron chi connectivity index (χ4n) is 3.92. The van der Waals surface area contributed by atoms with Gasteiger partial charge in [-0.2, -0.15) is 0 Å². The van der Waals surface area contributed by atoms with E-state index in [-0.39, 0.29) is 11.7 Å². The molecule has 1 heterocycles. The summed E-state index contributed by atoms with van der Waals surface area (Å²) in [6, 6.07) is 7.55. The van der Waals surface area contributed by atoms with Crippen molar-refractivity contribution in [3.8, 4) is 5.69 Å². The van der Waals surface area contributed by atoms with Gasteiger partial charge in [-0.15, -0.1) is 10.2 Å². The highest BCUT2D eigenvalue weighted by Crippen LogP contribution is 2.29. The molecule has 4 rings (SSSR count). The van der Waals surface area contributed by atoms with Crippen LogP contribution in [-0.2, 0) is 11.2 Å². The number of aromatic nitrogens is 3. The molecular formula is C26H28ClFN4OS. The highest BCUT2D eigenvalue weighted by molar-refractivity contribution is 7.99. The molecule has 0 saturated heterocycles. The second-order valence-corrected chi connectivity index (χ2v) is 9.70. The highest BCUT2D eigenvalue weighted by atomic mass is 35.5. The first-order chi connectivity index (χ1) is 16.6. The number of nitrogens with zero attached hydrogens (tertiary/aromatic N) is 3. The molecule has 178 valence electrons. The van der Waals surface area contributed by atoms with Crippen LogP contribution in [-0.4, -0.2) is 33.0 Å². The molecule has 2 aromatic rings. The van der Waals surface area contributed by atoms with Gasteiger partial charge < -0.3 is 5.32 Å². The summed E-state index contributed by atoms with van der Waals surface area (Å²) in [6.45, 7) is 0.570. The standard InChI is InChI=1S/C26H28ClFN4OS/c27-21-10-5-12-23(16-21)32-24(13-6-14-25(33)29-17-19-7-2-1-3-8-19)30-31-26(32)34-18-20-9-4-11-22(28)15-20/h2,5,7-8,10-12,15-16H,1,3-4,6,9,13-14,17-18H2,(H,29,33). The van der Waals surface area contributed by atoms with Crippen molar-refractivity contribution in [1.29, 1.82) is 0 Å². The van der Waals surface area contributed by atoms with Gasteiger partial charge in [0.15, 0.2) is 5.16 Å². The molecule has 5 nitrogen and oxygen atoms in total. The zero-order chi connectivity index (χ0) is 23.8. The molecule has 0 atom stereocenters. The molecule has 0 bridgehead atoms. The summed E-state index contributed by atoms with van der Waals surface area (Å²) in [7, 11) is 0. The van der Waals surface area contributed by atoms with Crippen LogP contribution in [0.2, 0.25) is 5.02 Å². The molecular weight excluding hydrogens is 471 g/mol. The second-order valence-electron chi connectivity index (χ2n) is 8.32. The first-order valence-corrected chi connectivity index (χ1v) is 13.0. The molecule has 0 saturated carbocycles. The van der Waals surface area contributed by atoms with E-state index in [2.05, 4.69) is 33.7 Å². The molecule has 0 spiro atoms. The number of rotatable bonds is 10. The van der Waals surface area contributed by atoms with Gasteiger partial charge in [0, 0.05) is 30.2 Å². The van der Waals surface area contributed by atoms with Crippen molar-refractivity contribution < 1.29 is 9.18 Å². The summed E-state index contributed by atoms with van der Waals surface area (Å²) in [5, 5.41) is 13.2. The fourth-order valence-corrected chi connectivity index (χ4v) is 5.08. The van der Waals surface area contributed by atoms with Gasteiger partial charge in [0.25, 0.3) is 0 Å². The van der Waals surface area contributed by atoms with E-state index < -0.39 is 0 Å². The van der Waals surface area contributed by atoms with E-state index in [0.29, 0.717) is 36.6 Å². The summed E-state index contributed by atoms with van der Waals surface area (Å²) < 4.78 is 15.6. The quantitative estimate of drug-likeness (QED) is 0.390. The molecule has 8 heteroatoms. The van der Waals surface area contributed by atoms with Crippen molar-refractivity contribution in [2.75, 3.05) is 12.3 Å². The normalized spacial score (nSPS) is 15.5. The molecule has 0 radical (unpaired) electrons. The van der Waals surface area contributed by atoms with Crippen LogP contribution >= 0.6 is 23.4 Å². The number of thioether (sulfide) groups is 1. The lowest BCUT2D eigenvalue weighted by atomic mass is 10.1. The van der Waals surface area contributed by atoms with Crippen LogP contribution in [0.4, 0.5) is 4.39 Å². The maximum Gasteiger partial charge on any atom is 0.220 e. The van der Waals surface area contributed by atoms with E-state index >= 15 is 0 Å². The van der Waals surface area contributed by atoms with Gasteiger partial charge in [-0.1, -0.05) is 53.2 Å². The Balaban J connectivity index is 1.40. The van der Waals surface area contributed by atoms with Gasteiger partial charge in [0.05, 0.1) is 5.69 Å². The molecule has 1 aromatic carbocycles. The topological polar surface area (TPSA) is 59.8 Å². The minimum Gasteiger partial charge on any atom is -0.352 e. The van der Waals surface area contributed by atoms with Crippen molar-refractivity contribution in [1.82, 2.24) is 20.1 Å². The predicted octanol–water partition coefficient (Wildman–Crippen LogP) is 6.30. The summed E-state index contributed by atoms with van der Waals surface area (Å²) in [4.78, 5) is 12.3. The van der Waals surface area contributed by atoms with E-state index in [0.717, 1.165) is 53.5 Å². The Morgan fingerprint density at radius 3 is 2.91 bits per heavy atom. The second kappa shape index (κ2) is 12.2. The van der Waals surface area contributed by atoms with Crippen LogP contribution in [0, 0.1) is 0 Å². The van der Waals surface area contributed by atoms with E-state index in [1.807, 2.05) is 28.8 Å². The number of nitrogens with one attached hydrogen (secondary N) is 1. The SMILES string of the molecule is O=C(CCCc1nnc(SCC2=CC(F)=CCC2)n1-c1cccc(Cl)c1)NCC1=CCCC=C1. The number of carbonyl (C=O) groups excluding carboxylic acids is 1. The third-order valence-corrected chi connectivity index (χ3v) is 6.94. The van der Waals surface area contributed by atoms with Crippen molar-refractivity contribution in [3.05, 3.63) is 82.5 Å². The average molecular weight is 499 g/mol. The number of aryl methyl sites for hydroxylation is 1. The molecule has 0 fully saturated rings. The van der Waals surface area contributed by atoms with Crippen LogP contribution in [0.15, 0.2) is 76.8 Å². The Labute approximate surface area is 208 Å². The molecule has 1 amide bonds. The van der Waals surface area contributed by atoms with E-state index in [4.69, 9.17) is 11.6 Å². The Bertz CT molecular complexity index is 1150. The Morgan fingerprint density at radius 1 is 1.21 bits per heavy atom. The maximum absolute atomic E-state index is 13.6. The van der Waals surface area contributed by atoms with Crippen molar-refractivity contribution in [2.24, 2.45) is 0 Å². The highest BCUT2D eigenvalue weighted by Gasteiger charge is 2.16. The number of amides is 1. The molecule has 1 N–H and O–H groups in total. The Hall–Kier alpha value is -2.64. The van der Waals surface area contributed by atoms with Gasteiger partial charge in [0.1, 0.15) is 11.7 Å². The van der Waals surface area contributed by atoms with E-state index in [1.54, 1.807) is 12.2 Å². The summed E-state index contributed by atoms with van der Waals surface area (Å²) in [6.07, 6.45) is 14.9. The van der Waals surface area contributed by atoms with Gasteiger partial charge >= 0.3 is 0 Å². The van der Waals surface area contributed by atoms with Gasteiger partial charge in [-0.25, -0.2) is 4.39 Å². The van der Waals surface area contributed by atoms with Crippen molar-refractivity contribution in [3.63, 3.8) is 0 Å². The molecule has 0 unspecified atom stereocenters. The lowest BCUT2D eigenvalue weighted by Crippen LogP contribution is -2.25. The Kier molecular flexibility index (Phi) is 8.77. The first kappa shape index (κ1) is 24.5. The monoisotopic (exact) mass is 498 g/mol. The smallest absolute Gasteiger partial charge is 0.220 e. The Morgan fingerprint density at radius 2 is 2.12 bits per heavy atom. The summed E-state index contributed by atoms with van der Waals surface area (Å²) >= 11 is 7.78. The van der Waals surface area contributed by atoms with Crippen LogP contribution in [0.25, 0.3) is 5.69 Å². The van der Waals surface area contributed by atoms with Crippen LogP contribution < -0.4 is 5.32 Å². The number of hydrogen-bond donors (Lipinski definition) is 1. The molecule has 2 aliphatic rings. The third-order valence-electron chi connectivity index (χ3n) is 5.67. The van der Waals surface area contributed by atoms with Crippen molar-refractivity contribution in [2.45, 2.75) is 50.1 Å². The number of halogens is 2. The molecule has 1 aromatic heterocycles. The van der Waals surface area contributed by atoms with Crippen LogP contribution in [0.1, 0.15) is 44.3 Å². The lowest BCUT2D eigenvalue weighted by Gasteiger charge is -2.13. The largest absolute Gasteiger partial charge is 0.352 e. The van der Waals surface area contributed by atoms with E-state index in [9.17, 15) is 9.18 Å². The van der Waals surface area contributed by atoms with Crippen LogP contribution in [0.3, 0.4) is 0 Å². The van der Waals surface area contributed by atoms with Gasteiger partial charge in [-0.05, 0) is 68.0 Å². The molecule has 34 heavy (non-hydrogen) atoms.